The molecule has 0 radical (unpaired) electrons. The van der Waals surface area contributed by atoms with Gasteiger partial charge in [0.1, 0.15) is 0 Å². The fraction of sp³-hybridized carbons (Fsp3) is 0.667. The van der Waals surface area contributed by atoms with E-state index < -0.39 is 0 Å². The lowest BCUT2D eigenvalue weighted by molar-refractivity contribution is -0.113. The van der Waals surface area contributed by atoms with Crippen molar-refractivity contribution in [3.8, 4) is 0 Å². The van der Waals surface area contributed by atoms with Crippen LogP contribution < -0.4 is 0 Å². The highest BCUT2D eigenvalue weighted by Crippen LogP contribution is 2.14. The van der Waals surface area contributed by atoms with Gasteiger partial charge in [0, 0.05) is 0 Å². The first-order valence-electron chi connectivity index (χ1n) is 6.24. The Bertz CT molecular complexity index is 267. The Morgan fingerprint density at radius 1 is 1.00 bits per heavy atom. The van der Waals surface area contributed by atoms with Gasteiger partial charge in [-0.15, -0.1) is 0 Å². The average Bonchev–Trinajstić information content (AvgIpc) is 2.16. The second-order valence-corrected chi connectivity index (χ2v) is 4.98. The van der Waals surface area contributed by atoms with E-state index in [0.717, 1.165) is 17.9 Å². The number of rotatable bonds is 7. The first-order valence-corrected chi connectivity index (χ1v) is 6.24. The van der Waals surface area contributed by atoms with E-state index >= 15 is 0 Å². The molecule has 0 saturated heterocycles. The Morgan fingerprint density at radius 2 is 1.50 bits per heavy atom. The third-order valence-electron chi connectivity index (χ3n) is 2.88. The van der Waals surface area contributed by atoms with E-state index in [0.29, 0.717) is 0 Å². The highest BCUT2D eigenvalue weighted by atomic mass is 16.1. The summed E-state index contributed by atoms with van der Waals surface area (Å²) in [6.07, 6.45) is 9.01. The van der Waals surface area contributed by atoms with Crippen LogP contribution in [0.4, 0.5) is 0 Å². The van der Waals surface area contributed by atoms with Gasteiger partial charge in [-0.05, 0) is 64.9 Å². The van der Waals surface area contributed by atoms with E-state index in [4.69, 9.17) is 0 Å². The van der Waals surface area contributed by atoms with Crippen molar-refractivity contribution in [1.82, 2.24) is 0 Å². The molecule has 0 aromatic carbocycles. The maximum atomic E-state index is 11.0. The minimum Gasteiger partial charge on any atom is -0.295 e. The minimum absolute atomic E-state index is 0.192. The summed E-state index contributed by atoms with van der Waals surface area (Å²) in [5, 5.41) is 0. The standard InChI is InChI=1S/C15H26O/c1-12(2)8-6-9-13(3)10-7-11-14(4)15(5)16/h8,11,13H,6-7,9-10H2,1-5H3. The van der Waals surface area contributed by atoms with Gasteiger partial charge in [0.05, 0.1) is 0 Å². The zero-order chi connectivity index (χ0) is 12.6. The molecule has 0 aromatic heterocycles. The average molecular weight is 222 g/mol. The Hall–Kier alpha value is -0.850. The molecule has 0 bridgehead atoms. The van der Waals surface area contributed by atoms with Crippen LogP contribution in [0.3, 0.4) is 0 Å². The van der Waals surface area contributed by atoms with Crippen LogP contribution in [0.1, 0.15) is 60.3 Å². The second-order valence-electron chi connectivity index (χ2n) is 4.98. The second kappa shape index (κ2) is 8.32. The molecule has 0 spiro atoms. The quantitative estimate of drug-likeness (QED) is 0.451. The van der Waals surface area contributed by atoms with Crippen molar-refractivity contribution in [2.75, 3.05) is 0 Å². The molecule has 0 fully saturated rings. The molecular formula is C15H26O. The van der Waals surface area contributed by atoms with Crippen LogP contribution in [-0.4, -0.2) is 5.78 Å². The largest absolute Gasteiger partial charge is 0.295 e. The number of Topliss-reactive ketones (excluding diaryl/α,β-unsaturated/α-hetero) is 1. The number of carbonyl (C=O) groups is 1. The van der Waals surface area contributed by atoms with E-state index in [9.17, 15) is 4.79 Å². The topological polar surface area (TPSA) is 17.1 Å². The van der Waals surface area contributed by atoms with Crippen molar-refractivity contribution in [2.45, 2.75) is 60.3 Å². The van der Waals surface area contributed by atoms with E-state index in [1.807, 2.05) is 6.92 Å². The van der Waals surface area contributed by atoms with Crippen molar-refractivity contribution < 1.29 is 4.79 Å². The number of hydrogen-bond donors (Lipinski definition) is 0. The molecule has 1 atom stereocenters. The smallest absolute Gasteiger partial charge is 0.155 e. The summed E-state index contributed by atoms with van der Waals surface area (Å²) < 4.78 is 0. The van der Waals surface area contributed by atoms with Crippen molar-refractivity contribution in [3.63, 3.8) is 0 Å². The van der Waals surface area contributed by atoms with Gasteiger partial charge < -0.3 is 0 Å². The van der Waals surface area contributed by atoms with Gasteiger partial charge in [-0.1, -0.05) is 24.6 Å². The molecule has 0 aliphatic carbocycles. The molecule has 0 saturated carbocycles. The summed E-state index contributed by atoms with van der Waals surface area (Å²) in [6, 6.07) is 0. The molecule has 0 aliphatic heterocycles. The maximum absolute atomic E-state index is 11.0. The van der Waals surface area contributed by atoms with Crippen LogP contribution in [0.5, 0.6) is 0 Å². The van der Waals surface area contributed by atoms with E-state index in [2.05, 4.69) is 32.9 Å². The minimum atomic E-state index is 0.192. The zero-order valence-corrected chi connectivity index (χ0v) is 11.5. The fourth-order valence-electron chi connectivity index (χ4n) is 1.53. The van der Waals surface area contributed by atoms with Crippen LogP contribution in [-0.2, 0) is 4.79 Å². The molecule has 0 heterocycles. The van der Waals surface area contributed by atoms with Crippen molar-refractivity contribution in [3.05, 3.63) is 23.3 Å². The van der Waals surface area contributed by atoms with Crippen LogP contribution >= 0.6 is 0 Å². The molecule has 1 nitrogen and oxygen atoms in total. The summed E-state index contributed by atoms with van der Waals surface area (Å²) >= 11 is 0. The van der Waals surface area contributed by atoms with Gasteiger partial charge in [0.2, 0.25) is 0 Å². The van der Waals surface area contributed by atoms with Gasteiger partial charge in [-0.25, -0.2) is 0 Å². The predicted octanol–water partition coefficient (Wildman–Crippen LogP) is 4.68. The van der Waals surface area contributed by atoms with Gasteiger partial charge >= 0.3 is 0 Å². The van der Waals surface area contributed by atoms with E-state index in [1.54, 1.807) is 6.92 Å². The SMILES string of the molecule is CC(=O)C(C)=CCCC(C)CCC=C(C)C. The monoisotopic (exact) mass is 222 g/mol. The van der Waals surface area contributed by atoms with Crippen LogP contribution in [0.2, 0.25) is 0 Å². The fourth-order valence-corrected chi connectivity index (χ4v) is 1.53. The maximum Gasteiger partial charge on any atom is 0.155 e. The summed E-state index contributed by atoms with van der Waals surface area (Å²) in [6.45, 7) is 10.1. The Labute approximate surface area is 101 Å². The molecule has 0 N–H and O–H groups in total. The first-order chi connectivity index (χ1) is 7.43. The molecule has 1 heteroatoms. The zero-order valence-electron chi connectivity index (χ0n) is 11.5. The normalized spacial score (nSPS) is 13.4. The molecule has 0 amide bonds. The third-order valence-corrected chi connectivity index (χ3v) is 2.88. The van der Waals surface area contributed by atoms with Crippen molar-refractivity contribution in [2.24, 2.45) is 5.92 Å². The first kappa shape index (κ1) is 15.2. The van der Waals surface area contributed by atoms with Crippen LogP contribution in [0.15, 0.2) is 23.3 Å². The highest BCUT2D eigenvalue weighted by molar-refractivity contribution is 5.92. The lowest BCUT2D eigenvalue weighted by Gasteiger charge is -2.08. The molecule has 0 aromatic rings. The van der Waals surface area contributed by atoms with E-state index in [-0.39, 0.29) is 5.78 Å². The lowest BCUT2D eigenvalue weighted by atomic mass is 9.98. The lowest BCUT2D eigenvalue weighted by Crippen LogP contribution is -1.95. The van der Waals surface area contributed by atoms with Crippen LogP contribution in [0.25, 0.3) is 0 Å². The van der Waals surface area contributed by atoms with E-state index in [1.165, 1.54) is 24.8 Å². The molecule has 92 valence electrons. The number of ketones is 1. The van der Waals surface area contributed by atoms with Crippen molar-refractivity contribution in [1.29, 1.82) is 0 Å². The number of allylic oxidation sites excluding steroid dienone is 4. The Kier molecular flexibility index (Phi) is 7.88. The predicted molar refractivity (Wildman–Crippen MR) is 71.5 cm³/mol. The number of carbonyl (C=O) groups excluding carboxylic acids is 1. The van der Waals surface area contributed by atoms with Crippen molar-refractivity contribution >= 4 is 5.78 Å². The summed E-state index contributed by atoms with van der Waals surface area (Å²) in [5.41, 5.74) is 2.30. The number of hydrogen-bond acceptors (Lipinski definition) is 1. The highest BCUT2D eigenvalue weighted by Gasteiger charge is 2.01. The summed E-state index contributed by atoms with van der Waals surface area (Å²) in [4.78, 5) is 11.0. The molecule has 16 heavy (non-hydrogen) atoms. The summed E-state index contributed by atoms with van der Waals surface area (Å²) in [7, 11) is 0. The third kappa shape index (κ3) is 8.46. The van der Waals surface area contributed by atoms with Gasteiger partial charge in [-0.2, -0.15) is 0 Å². The molecule has 0 rings (SSSR count). The van der Waals surface area contributed by atoms with Gasteiger partial charge in [0.25, 0.3) is 0 Å². The molecular weight excluding hydrogens is 196 g/mol. The Morgan fingerprint density at radius 3 is 1.94 bits per heavy atom. The molecule has 0 aliphatic rings. The van der Waals surface area contributed by atoms with Crippen LogP contribution in [0, 0.1) is 5.92 Å². The van der Waals surface area contributed by atoms with Gasteiger partial charge in [-0.3, -0.25) is 4.79 Å². The molecule has 1 unspecified atom stereocenters. The summed E-state index contributed by atoms with van der Waals surface area (Å²) in [5.74, 6) is 0.934. The Balaban J connectivity index is 3.74. The van der Waals surface area contributed by atoms with Gasteiger partial charge in [0.15, 0.2) is 5.78 Å².